The maximum absolute atomic E-state index is 11.8. The summed E-state index contributed by atoms with van der Waals surface area (Å²) in [6, 6.07) is 1.28. The van der Waals surface area contributed by atoms with Crippen LogP contribution in [0.15, 0.2) is 0 Å². The Balaban J connectivity index is 1.87. The standard InChI is InChI=1S/C17H32N2O2/c1-5-21-16(20)9-13-8-14(18-12-17(2,3)4)11-19(10-13)15-6-7-15/h13-15,18H,5-12H2,1-4H3. The van der Waals surface area contributed by atoms with E-state index in [1.165, 1.54) is 12.8 Å². The molecule has 1 saturated carbocycles. The number of carbonyl (C=O) groups excluding carboxylic acids is 1. The van der Waals surface area contributed by atoms with Crippen molar-refractivity contribution in [3.8, 4) is 0 Å². The molecule has 0 bridgehead atoms. The quantitative estimate of drug-likeness (QED) is 0.764. The maximum Gasteiger partial charge on any atom is 0.306 e. The minimum atomic E-state index is -0.0327. The van der Waals surface area contributed by atoms with E-state index in [9.17, 15) is 4.79 Å². The molecule has 0 aromatic carbocycles. The van der Waals surface area contributed by atoms with Crippen LogP contribution in [0.2, 0.25) is 0 Å². The van der Waals surface area contributed by atoms with Crippen molar-refractivity contribution < 1.29 is 9.53 Å². The number of nitrogens with zero attached hydrogens (tertiary/aromatic N) is 1. The smallest absolute Gasteiger partial charge is 0.306 e. The van der Waals surface area contributed by atoms with Crippen molar-refractivity contribution in [2.24, 2.45) is 11.3 Å². The summed E-state index contributed by atoms with van der Waals surface area (Å²) >= 11 is 0. The average molecular weight is 296 g/mol. The molecule has 2 fully saturated rings. The molecule has 1 aliphatic carbocycles. The summed E-state index contributed by atoms with van der Waals surface area (Å²) in [6.07, 6.45) is 4.33. The van der Waals surface area contributed by atoms with Gasteiger partial charge >= 0.3 is 5.97 Å². The zero-order chi connectivity index (χ0) is 15.5. The number of rotatable bonds is 6. The minimum Gasteiger partial charge on any atom is -0.466 e. The predicted molar refractivity (Wildman–Crippen MR) is 85.2 cm³/mol. The molecule has 1 heterocycles. The summed E-state index contributed by atoms with van der Waals surface area (Å²) in [5, 5.41) is 3.72. The number of piperidine rings is 1. The Kier molecular flexibility index (Phi) is 5.67. The first-order valence-corrected chi connectivity index (χ1v) is 8.50. The van der Waals surface area contributed by atoms with Gasteiger partial charge in [0.15, 0.2) is 0 Å². The third-order valence-electron chi connectivity index (χ3n) is 4.31. The Morgan fingerprint density at radius 2 is 2.00 bits per heavy atom. The average Bonchev–Trinajstić information content (AvgIpc) is 3.19. The molecule has 0 spiro atoms. The fourth-order valence-corrected chi connectivity index (χ4v) is 3.18. The molecule has 1 N–H and O–H groups in total. The predicted octanol–water partition coefficient (Wildman–Crippen LogP) is 2.43. The van der Waals surface area contributed by atoms with Gasteiger partial charge in [0.25, 0.3) is 0 Å². The number of likely N-dealkylation sites (tertiary alicyclic amines) is 1. The lowest BCUT2D eigenvalue weighted by Gasteiger charge is -2.39. The van der Waals surface area contributed by atoms with Crippen molar-refractivity contribution in [1.29, 1.82) is 0 Å². The lowest BCUT2D eigenvalue weighted by Crippen LogP contribution is -2.51. The number of hydrogen-bond donors (Lipinski definition) is 1. The highest BCUT2D eigenvalue weighted by atomic mass is 16.5. The molecule has 0 radical (unpaired) electrons. The fourth-order valence-electron chi connectivity index (χ4n) is 3.18. The molecule has 2 rings (SSSR count). The van der Waals surface area contributed by atoms with Gasteiger partial charge < -0.3 is 10.1 Å². The number of carbonyl (C=O) groups is 1. The molecule has 2 aliphatic rings. The van der Waals surface area contributed by atoms with Crippen LogP contribution in [0.25, 0.3) is 0 Å². The van der Waals surface area contributed by atoms with Gasteiger partial charge in [0.1, 0.15) is 0 Å². The second-order valence-corrected chi connectivity index (χ2v) is 7.93. The number of hydrogen-bond acceptors (Lipinski definition) is 4. The Bertz CT molecular complexity index is 347. The number of nitrogens with one attached hydrogen (secondary N) is 1. The van der Waals surface area contributed by atoms with Crippen LogP contribution in [0.1, 0.15) is 53.4 Å². The van der Waals surface area contributed by atoms with E-state index in [4.69, 9.17) is 4.74 Å². The molecular formula is C17H32N2O2. The molecule has 21 heavy (non-hydrogen) atoms. The minimum absolute atomic E-state index is 0.0327. The van der Waals surface area contributed by atoms with Crippen LogP contribution < -0.4 is 5.32 Å². The summed E-state index contributed by atoms with van der Waals surface area (Å²) in [4.78, 5) is 14.4. The van der Waals surface area contributed by atoms with Crippen LogP contribution in [-0.4, -0.2) is 49.2 Å². The van der Waals surface area contributed by atoms with Gasteiger partial charge in [-0.3, -0.25) is 9.69 Å². The van der Waals surface area contributed by atoms with Crippen molar-refractivity contribution in [2.45, 2.75) is 65.5 Å². The van der Waals surface area contributed by atoms with E-state index in [0.717, 1.165) is 32.1 Å². The summed E-state index contributed by atoms with van der Waals surface area (Å²) in [5.74, 6) is 0.408. The Morgan fingerprint density at radius 3 is 2.57 bits per heavy atom. The van der Waals surface area contributed by atoms with Gasteiger partial charge in [-0.15, -0.1) is 0 Å². The molecule has 0 aromatic heterocycles. The first kappa shape index (κ1) is 16.8. The lowest BCUT2D eigenvalue weighted by molar-refractivity contribution is -0.144. The first-order valence-electron chi connectivity index (χ1n) is 8.50. The summed E-state index contributed by atoms with van der Waals surface area (Å²) in [6.45, 7) is 12.4. The molecule has 4 heteroatoms. The van der Waals surface area contributed by atoms with Crippen LogP contribution in [0.3, 0.4) is 0 Å². The van der Waals surface area contributed by atoms with Crippen LogP contribution >= 0.6 is 0 Å². The van der Waals surface area contributed by atoms with Crippen LogP contribution in [0.4, 0.5) is 0 Å². The number of esters is 1. The Labute approximate surface area is 129 Å². The van der Waals surface area contributed by atoms with Crippen LogP contribution in [-0.2, 0) is 9.53 Å². The first-order chi connectivity index (χ1) is 9.87. The zero-order valence-electron chi connectivity index (χ0n) is 14.2. The zero-order valence-corrected chi connectivity index (χ0v) is 14.2. The van der Waals surface area contributed by atoms with Gasteiger partial charge in [0, 0.05) is 38.1 Å². The molecule has 1 saturated heterocycles. The highest BCUT2D eigenvalue weighted by molar-refractivity contribution is 5.69. The van der Waals surface area contributed by atoms with Gasteiger partial charge in [-0.25, -0.2) is 0 Å². The SMILES string of the molecule is CCOC(=O)CC1CC(NCC(C)(C)C)CN(C2CC2)C1. The highest BCUT2D eigenvalue weighted by Crippen LogP contribution is 2.32. The maximum atomic E-state index is 11.8. The van der Waals surface area contributed by atoms with Crippen molar-refractivity contribution in [3.05, 3.63) is 0 Å². The van der Waals surface area contributed by atoms with E-state index >= 15 is 0 Å². The van der Waals surface area contributed by atoms with Gasteiger partial charge in [0.05, 0.1) is 6.61 Å². The Morgan fingerprint density at radius 1 is 1.29 bits per heavy atom. The second-order valence-electron chi connectivity index (χ2n) is 7.93. The van der Waals surface area contributed by atoms with Gasteiger partial charge in [-0.05, 0) is 37.5 Å². The molecule has 2 unspecified atom stereocenters. The molecular weight excluding hydrogens is 264 g/mol. The Hall–Kier alpha value is -0.610. The fraction of sp³-hybridized carbons (Fsp3) is 0.941. The summed E-state index contributed by atoms with van der Waals surface area (Å²) in [5.41, 5.74) is 0.304. The highest BCUT2D eigenvalue weighted by Gasteiger charge is 2.36. The van der Waals surface area contributed by atoms with Crippen LogP contribution in [0.5, 0.6) is 0 Å². The molecule has 0 amide bonds. The lowest BCUT2D eigenvalue weighted by atomic mass is 9.90. The van der Waals surface area contributed by atoms with E-state index < -0.39 is 0 Å². The monoisotopic (exact) mass is 296 g/mol. The van der Waals surface area contributed by atoms with E-state index in [1.54, 1.807) is 0 Å². The molecule has 122 valence electrons. The second kappa shape index (κ2) is 7.10. The molecule has 0 aromatic rings. The molecule has 1 aliphatic heterocycles. The number of ether oxygens (including phenoxy) is 1. The van der Waals surface area contributed by atoms with E-state index in [-0.39, 0.29) is 5.97 Å². The van der Waals surface area contributed by atoms with Crippen molar-refractivity contribution >= 4 is 5.97 Å². The largest absolute Gasteiger partial charge is 0.466 e. The van der Waals surface area contributed by atoms with E-state index in [0.29, 0.717) is 30.4 Å². The van der Waals surface area contributed by atoms with E-state index in [2.05, 4.69) is 31.0 Å². The van der Waals surface area contributed by atoms with Crippen LogP contribution in [0, 0.1) is 11.3 Å². The topological polar surface area (TPSA) is 41.6 Å². The van der Waals surface area contributed by atoms with Gasteiger partial charge in [0.2, 0.25) is 0 Å². The third-order valence-corrected chi connectivity index (χ3v) is 4.31. The normalized spacial score (nSPS) is 27.6. The summed E-state index contributed by atoms with van der Waals surface area (Å²) in [7, 11) is 0. The van der Waals surface area contributed by atoms with Crippen molar-refractivity contribution in [2.75, 3.05) is 26.2 Å². The van der Waals surface area contributed by atoms with E-state index in [1.807, 2.05) is 6.92 Å². The third kappa shape index (κ3) is 5.95. The van der Waals surface area contributed by atoms with Crippen molar-refractivity contribution in [1.82, 2.24) is 10.2 Å². The van der Waals surface area contributed by atoms with Gasteiger partial charge in [-0.2, -0.15) is 0 Å². The van der Waals surface area contributed by atoms with Gasteiger partial charge in [-0.1, -0.05) is 20.8 Å². The summed E-state index contributed by atoms with van der Waals surface area (Å²) < 4.78 is 5.13. The molecule has 4 nitrogen and oxygen atoms in total. The van der Waals surface area contributed by atoms with Crippen molar-refractivity contribution in [3.63, 3.8) is 0 Å². The molecule has 2 atom stereocenters.